The molecule has 0 aliphatic heterocycles. The number of hydrogen-bond donors (Lipinski definition) is 1. The molecule has 154 valence electrons. The lowest BCUT2D eigenvalue weighted by molar-refractivity contribution is 0.284. The van der Waals surface area contributed by atoms with Crippen LogP contribution in [0.1, 0.15) is 17.5 Å². The van der Waals surface area contributed by atoms with Gasteiger partial charge >= 0.3 is 0 Å². The van der Waals surface area contributed by atoms with Gasteiger partial charge in [0.25, 0.3) is 0 Å². The van der Waals surface area contributed by atoms with E-state index in [0.717, 1.165) is 29.5 Å². The Balaban J connectivity index is 1.56. The summed E-state index contributed by atoms with van der Waals surface area (Å²) < 4.78 is 27.5. The zero-order valence-corrected chi connectivity index (χ0v) is 18.3. The molecule has 8 heteroatoms. The second-order valence-electron chi connectivity index (χ2n) is 6.45. The van der Waals surface area contributed by atoms with Crippen LogP contribution in [-0.4, -0.2) is 23.2 Å². The predicted molar refractivity (Wildman–Crippen MR) is 115 cm³/mol. The van der Waals surface area contributed by atoms with E-state index in [4.69, 9.17) is 21.1 Å². The van der Waals surface area contributed by atoms with Gasteiger partial charge in [-0.2, -0.15) is 0 Å². The number of hydrogen-bond acceptors (Lipinski definition) is 4. The Kier molecular flexibility index (Phi) is 7.91. The zero-order valence-electron chi connectivity index (χ0n) is 16.0. The summed E-state index contributed by atoms with van der Waals surface area (Å²) in [5.41, 5.74) is 1.77. The van der Waals surface area contributed by atoms with Gasteiger partial charge in [0.15, 0.2) is 11.5 Å². The third-order valence-electron chi connectivity index (χ3n) is 4.38. The molecule has 0 spiro atoms. The summed E-state index contributed by atoms with van der Waals surface area (Å²) in [6, 6.07) is 8.06. The molecule has 0 radical (unpaired) electrons. The normalized spacial score (nSPS) is 10.9. The monoisotopic (exact) mass is 481 g/mol. The van der Waals surface area contributed by atoms with Crippen molar-refractivity contribution in [2.45, 2.75) is 26.1 Å². The average Bonchev–Trinajstić information content (AvgIpc) is 3.22. The van der Waals surface area contributed by atoms with Gasteiger partial charge in [0.1, 0.15) is 12.4 Å². The molecule has 3 rings (SSSR count). The second kappa shape index (κ2) is 10.6. The lowest BCUT2D eigenvalue weighted by Crippen LogP contribution is -2.16. The Morgan fingerprint density at radius 1 is 1.21 bits per heavy atom. The van der Waals surface area contributed by atoms with Crippen LogP contribution in [0.3, 0.4) is 0 Å². The van der Waals surface area contributed by atoms with E-state index in [-0.39, 0.29) is 12.4 Å². The Labute approximate surface area is 182 Å². The van der Waals surface area contributed by atoms with Gasteiger partial charge in [-0.25, -0.2) is 9.37 Å². The zero-order chi connectivity index (χ0) is 20.6. The van der Waals surface area contributed by atoms with Crippen molar-refractivity contribution in [3.05, 3.63) is 75.5 Å². The maximum Gasteiger partial charge on any atom is 0.162 e. The highest BCUT2D eigenvalue weighted by molar-refractivity contribution is 9.10. The minimum atomic E-state index is -0.374. The highest BCUT2D eigenvalue weighted by atomic mass is 79.9. The van der Waals surface area contributed by atoms with E-state index in [1.165, 1.54) is 12.1 Å². The molecule has 29 heavy (non-hydrogen) atoms. The molecule has 0 fully saturated rings. The highest BCUT2D eigenvalue weighted by Crippen LogP contribution is 2.34. The summed E-state index contributed by atoms with van der Waals surface area (Å²) in [7, 11) is 1.60. The lowest BCUT2D eigenvalue weighted by Gasteiger charge is -2.15. The summed E-state index contributed by atoms with van der Waals surface area (Å²) >= 11 is 9.67. The van der Waals surface area contributed by atoms with Gasteiger partial charge in [-0.3, -0.25) is 0 Å². The molecule has 0 atom stereocenters. The topological polar surface area (TPSA) is 48.3 Å². The van der Waals surface area contributed by atoms with Crippen molar-refractivity contribution in [1.29, 1.82) is 0 Å². The molecule has 0 unspecified atom stereocenters. The number of halogens is 3. The van der Waals surface area contributed by atoms with Crippen molar-refractivity contribution in [3.63, 3.8) is 0 Å². The quantitative estimate of drug-likeness (QED) is 0.403. The molecule has 0 amide bonds. The van der Waals surface area contributed by atoms with E-state index < -0.39 is 0 Å². The smallest absolute Gasteiger partial charge is 0.162 e. The predicted octanol–water partition coefficient (Wildman–Crippen LogP) is 5.21. The van der Waals surface area contributed by atoms with Crippen LogP contribution in [0.4, 0.5) is 4.39 Å². The SMILES string of the molecule is COc1cc(CNCCCn2ccnc2)c(Br)cc1OCc1ccc(F)cc1Cl. The van der Waals surface area contributed by atoms with E-state index in [0.29, 0.717) is 28.6 Å². The molecular formula is C21H22BrClFN3O2. The van der Waals surface area contributed by atoms with E-state index in [9.17, 15) is 4.39 Å². The van der Waals surface area contributed by atoms with Gasteiger partial charge in [-0.15, -0.1) is 0 Å². The Bertz CT molecular complexity index is 938. The van der Waals surface area contributed by atoms with Crippen LogP contribution in [0, 0.1) is 5.82 Å². The fraction of sp³-hybridized carbons (Fsp3) is 0.286. The van der Waals surface area contributed by atoms with Crippen molar-refractivity contribution >= 4 is 27.5 Å². The van der Waals surface area contributed by atoms with Gasteiger partial charge in [-0.05, 0) is 42.8 Å². The molecule has 1 heterocycles. The summed E-state index contributed by atoms with van der Waals surface area (Å²) in [5, 5.41) is 3.77. The van der Waals surface area contributed by atoms with E-state index in [2.05, 4.69) is 30.8 Å². The number of benzene rings is 2. The second-order valence-corrected chi connectivity index (χ2v) is 7.71. The Morgan fingerprint density at radius 3 is 2.79 bits per heavy atom. The van der Waals surface area contributed by atoms with Crippen LogP contribution in [0.2, 0.25) is 5.02 Å². The van der Waals surface area contributed by atoms with Crippen molar-refractivity contribution in [3.8, 4) is 11.5 Å². The number of rotatable bonds is 10. The van der Waals surface area contributed by atoms with Gasteiger partial charge in [0, 0.05) is 35.5 Å². The van der Waals surface area contributed by atoms with Crippen molar-refractivity contribution in [2.24, 2.45) is 0 Å². The number of aromatic nitrogens is 2. The van der Waals surface area contributed by atoms with Crippen LogP contribution in [0.15, 0.2) is 53.5 Å². The Morgan fingerprint density at radius 2 is 2.07 bits per heavy atom. The molecular weight excluding hydrogens is 461 g/mol. The number of nitrogens with zero attached hydrogens (tertiary/aromatic N) is 2. The van der Waals surface area contributed by atoms with Gasteiger partial charge in [-0.1, -0.05) is 33.6 Å². The lowest BCUT2D eigenvalue weighted by atomic mass is 10.2. The number of nitrogens with one attached hydrogen (secondary N) is 1. The van der Waals surface area contributed by atoms with Crippen molar-refractivity contribution in [1.82, 2.24) is 14.9 Å². The van der Waals surface area contributed by atoms with Gasteiger partial charge in [0.05, 0.1) is 18.5 Å². The minimum absolute atomic E-state index is 0.216. The summed E-state index contributed by atoms with van der Waals surface area (Å²) in [4.78, 5) is 4.04. The first kappa shape index (κ1) is 21.6. The van der Waals surface area contributed by atoms with Crippen molar-refractivity contribution < 1.29 is 13.9 Å². The molecule has 3 aromatic rings. The number of methoxy groups -OCH3 is 1. The van der Waals surface area contributed by atoms with Crippen LogP contribution in [0.25, 0.3) is 0 Å². The molecule has 0 saturated carbocycles. The van der Waals surface area contributed by atoms with Crippen molar-refractivity contribution in [2.75, 3.05) is 13.7 Å². The summed E-state index contributed by atoms with van der Waals surface area (Å²) in [6.07, 6.45) is 6.56. The van der Waals surface area contributed by atoms with Gasteiger partial charge < -0.3 is 19.4 Å². The molecule has 1 aromatic heterocycles. The first-order chi connectivity index (χ1) is 14.1. The van der Waals surface area contributed by atoms with Gasteiger partial charge in [0.2, 0.25) is 0 Å². The van der Waals surface area contributed by atoms with Crippen LogP contribution in [0.5, 0.6) is 11.5 Å². The number of imidazole rings is 1. The fourth-order valence-electron chi connectivity index (χ4n) is 2.81. The van der Waals surface area contributed by atoms with E-state index in [1.807, 2.05) is 24.7 Å². The molecule has 2 aromatic carbocycles. The molecule has 5 nitrogen and oxygen atoms in total. The fourth-order valence-corrected chi connectivity index (χ4v) is 3.49. The first-order valence-corrected chi connectivity index (χ1v) is 10.3. The summed E-state index contributed by atoms with van der Waals surface area (Å²) in [5.74, 6) is 0.839. The average molecular weight is 483 g/mol. The molecule has 0 bridgehead atoms. The number of ether oxygens (including phenoxy) is 2. The third-order valence-corrected chi connectivity index (χ3v) is 5.47. The molecule has 0 aliphatic rings. The first-order valence-electron chi connectivity index (χ1n) is 9.16. The maximum absolute atomic E-state index is 13.2. The van der Waals surface area contributed by atoms with Crippen LogP contribution in [-0.2, 0) is 19.7 Å². The number of aryl methyl sites for hydroxylation is 1. The minimum Gasteiger partial charge on any atom is -0.493 e. The Hall–Kier alpha value is -2.09. The molecule has 0 aliphatic carbocycles. The maximum atomic E-state index is 13.2. The molecule has 0 saturated heterocycles. The summed E-state index contributed by atoms with van der Waals surface area (Å²) in [6.45, 7) is 2.73. The van der Waals surface area contributed by atoms with E-state index in [1.54, 1.807) is 19.4 Å². The van der Waals surface area contributed by atoms with Crippen LogP contribution >= 0.6 is 27.5 Å². The van der Waals surface area contributed by atoms with E-state index >= 15 is 0 Å². The third kappa shape index (κ3) is 6.19. The largest absolute Gasteiger partial charge is 0.493 e. The molecule has 1 N–H and O–H groups in total. The highest BCUT2D eigenvalue weighted by Gasteiger charge is 2.12. The van der Waals surface area contributed by atoms with Crippen LogP contribution < -0.4 is 14.8 Å². The standard InChI is InChI=1S/C21H22BrClFN3O2/c1-28-20-9-16(12-25-5-2-7-27-8-6-26-14-27)18(22)11-21(20)29-13-15-3-4-17(24)10-19(15)23/h3-4,6,8-11,14,25H,2,5,7,12-13H2,1H3.